The highest BCUT2D eigenvalue weighted by molar-refractivity contribution is 5.04. The summed E-state index contributed by atoms with van der Waals surface area (Å²) in [4.78, 5) is 0. The van der Waals surface area contributed by atoms with Crippen LogP contribution in [0.2, 0.25) is 0 Å². The lowest BCUT2D eigenvalue weighted by Crippen LogP contribution is -2.43. The van der Waals surface area contributed by atoms with Crippen molar-refractivity contribution >= 4 is 0 Å². The molecule has 4 atom stereocenters. The van der Waals surface area contributed by atoms with Gasteiger partial charge in [-0.3, -0.25) is 0 Å². The van der Waals surface area contributed by atoms with Crippen LogP contribution in [-0.4, -0.2) is 11.7 Å². The zero-order valence-corrected chi connectivity index (χ0v) is 10.8. The van der Waals surface area contributed by atoms with Crippen LogP contribution in [-0.2, 0) is 0 Å². The van der Waals surface area contributed by atoms with Gasteiger partial charge < -0.3 is 5.11 Å². The van der Waals surface area contributed by atoms with Crippen LogP contribution in [0, 0.1) is 23.2 Å². The maximum absolute atomic E-state index is 9.55. The molecule has 2 fully saturated rings. The first-order chi connectivity index (χ1) is 7.57. The molecule has 0 aromatic rings. The number of fused-ring (bicyclic) bond motifs is 1. The van der Waals surface area contributed by atoms with E-state index in [4.69, 9.17) is 0 Å². The summed E-state index contributed by atoms with van der Waals surface area (Å²) >= 11 is 0. The summed E-state index contributed by atoms with van der Waals surface area (Å²) in [5, 5.41) is 9.55. The Morgan fingerprint density at radius 2 is 2.12 bits per heavy atom. The molecule has 92 valence electrons. The van der Waals surface area contributed by atoms with Gasteiger partial charge in [0.1, 0.15) is 0 Å². The third-order valence-electron chi connectivity index (χ3n) is 5.32. The highest BCUT2D eigenvalue weighted by atomic mass is 16.3. The highest BCUT2D eigenvalue weighted by Gasteiger charge is 2.45. The van der Waals surface area contributed by atoms with Crippen LogP contribution in [0.1, 0.15) is 52.4 Å². The van der Waals surface area contributed by atoms with Crippen molar-refractivity contribution in [3.8, 4) is 0 Å². The average Bonchev–Trinajstić information content (AvgIpc) is 2.26. The molecule has 2 rings (SSSR count). The van der Waals surface area contributed by atoms with Gasteiger partial charge in [-0.05, 0) is 62.2 Å². The molecule has 2 saturated carbocycles. The standard InChI is InChI=1S/C15H26O/c1-11(2)12-6-8-15(3)7-4-5-13(10-16)14(15)9-12/h12-14,16H,1,4-10H2,2-3H3/t12-,13+,14+,15-/m1/s1. The van der Waals surface area contributed by atoms with Crippen molar-refractivity contribution in [2.24, 2.45) is 23.2 Å². The van der Waals surface area contributed by atoms with E-state index in [1.165, 1.54) is 44.1 Å². The molecule has 0 aromatic heterocycles. The lowest BCUT2D eigenvalue weighted by Gasteiger charge is -2.51. The second kappa shape index (κ2) is 4.52. The molecule has 1 nitrogen and oxygen atoms in total. The minimum absolute atomic E-state index is 0.392. The van der Waals surface area contributed by atoms with Crippen LogP contribution in [0.3, 0.4) is 0 Å². The Hall–Kier alpha value is -0.300. The molecule has 0 unspecified atom stereocenters. The van der Waals surface area contributed by atoms with Crippen molar-refractivity contribution in [1.29, 1.82) is 0 Å². The molecule has 0 heterocycles. The van der Waals surface area contributed by atoms with Gasteiger partial charge in [0.15, 0.2) is 0 Å². The molecule has 0 aromatic carbocycles. The lowest BCUT2D eigenvalue weighted by molar-refractivity contribution is -0.0203. The number of aliphatic hydroxyl groups is 1. The Morgan fingerprint density at radius 1 is 1.38 bits per heavy atom. The van der Waals surface area contributed by atoms with Crippen molar-refractivity contribution in [2.75, 3.05) is 6.61 Å². The fourth-order valence-corrected chi connectivity index (χ4v) is 4.11. The zero-order valence-electron chi connectivity index (χ0n) is 10.8. The topological polar surface area (TPSA) is 20.2 Å². The Balaban J connectivity index is 2.13. The maximum Gasteiger partial charge on any atom is 0.0462 e. The van der Waals surface area contributed by atoms with Crippen LogP contribution >= 0.6 is 0 Å². The molecular weight excluding hydrogens is 196 g/mol. The summed E-state index contributed by atoms with van der Waals surface area (Å²) in [6.07, 6.45) is 7.86. The van der Waals surface area contributed by atoms with Gasteiger partial charge in [-0.1, -0.05) is 25.5 Å². The van der Waals surface area contributed by atoms with E-state index in [1.807, 2.05) is 0 Å². The number of rotatable bonds is 2. The van der Waals surface area contributed by atoms with E-state index < -0.39 is 0 Å². The van der Waals surface area contributed by atoms with E-state index in [0.717, 1.165) is 5.92 Å². The predicted molar refractivity (Wildman–Crippen MR) is 68.2 cm³/mol. The van der Waals surface area contributed by atoms with Crippen LogP contribution in [0.15, 0.2) is 12.2 Å². The van der Waals surface area contributed by atoms with Crippen molar-refractivity contribution in [1.82, 2.24) is 0 Å². The summed E-state index contributed by atoms with van der Waals surface area (Å²) in [6.45, 7) is 9.14. The zero-order chi connectivity index (χ0) is 11.8. The molecule has 2 aliphatic carbocycles. The maximum atomic E-state index is 9.55. The molecule has 2 aliphatic rings. The molecule has 0 aliphatic heterocycles. The predicted octanol–water partition coefficient (Wildman–Crippen LogP) is 3.78. The second-order valence-corrected chi connectivity index (χ2v) is 6.41. The number of aliphatic hydroxyl groups excluding tert-OH is 1. The number of hydrogen-bond acceptors (Lipinski definition) is 1. The van der Waals surface area contributed by atoms with E-state index in [1.54, 1.807) is 0 Å². The van der Waals surface area contributed by atoms with Gasteiger partial charge in [-0.2, -0.15) is 0 Å². The number of hydrogen-bond donors (Lipinski definition) is 1. The van der Waals surface area contributed by atoms with Crippen LogP contribution in [0.25, 0.3) is 0 Å². The van der Waals surface area contributed by atoms with Crippen molar-refractivity contribution in [3.05, 3.63) is 12.2 Å². The SMILES string of the molecule is C=C(C)[C@@H]1CC[C@@]2(C)CCC[C@@H](CO)[C@@H]2C1. The highest BCUT2D eigenvalue weighted by Crippen LogP contribution is 2.54. The van der Waals surface area contributed by atoms with E-state index in [9.17, 15) is 5.11 Å². The van der Waals surface area contributed by atoms with E-state index in [2.05, 4.69) is 20.4 Å². The first-order valence-electron chi connectivity index (χ1n) is 6.83. The Bertz CT molecular complexity index is 271. The molecule has 16 heavy (non-hydrogen) atoms. The van der Waals surface area contributed by atoms with Gasteiger partial charge in [0, 0.05) is 6.61 Å². The van der Waals surface area contributed by atoms with E-state index in [0.29, 0.717) is 23.9 Å². The first-order valence-corrected chi connectivity index (χ1v) is 6.83. The molecule has 0 spiro atoms. The molecule has 0 amide bonds. The lowest BCUT2D eigenvalue weighted by atomic mass is 9.54. The summed E-state index contributed by atoms with van der Waals surface area (Å²) in [5.41, 5.74) is 1.86. The largest absolute Gasteiger partial charge is 0.396 e. The molecule has 1 N–H and O–H groups in total. The third-order valence-corrected chi connectivity index (χ3v) is 5.32. The van der Waals surface area contributed by atoms with E-state index in [-0.39, 0.29) is 0 Å². The Kier molecular flexibility index (Phi) is 3.44. The molecule has 1 heteroatoms. The van der Waals surface area contributed by atoms with Gasteiger partial charge in [-0.25, -0.2) is 0 Å². The molecule has 0 bridgehead atoms. The average molecular weight is 222 g/mol. The summed E-state index contributed by atoms with van der Waals surface area (Å²) < 4.78 is 0. The summed E-state index contributed by atoms with van der Waals surface area (Å²) in [7, 11) is 0. The monoisotopic (exact) mass is 222 g/mol. The number of allylic oxidation sites excluding steroid dienone is 1. The first kappa shape index (κ1) is 12.2. The van der Waals surface area contributed by atoms with Gasteiger partial charge >= 0.3 is 0 Å². The fraction of sp³-hybridized carbons (Fsp3) is 0.867. The van der Waals surface area contributed by atoms with Gasteiger partial charge in [0.05, 0.1) is 0 Å². The van der Waals surface area contributed by atoms with Crippen molar-refractivity contribution in [3.63, 3.8) is 0 Å². The Labute approximate surface area is 99.9 Å². The quantitative estimate of drug-likeness (QED) is 0.705. The minimum Gasteiger partial charge on any atom is -0.396 e. The van der Waals surface area contributed by atoms with Gasteiger partial charge in [0.25, 0.3) is 0 Å². The summed E-state index contributed by atoms with van der Waals surface area (Å²) in [6, 6.07) is 0. The minimum atomic E-state index is 0.392. The fourth-order valence-electron chi connectivity index (χ4n) is 4.11. The third kappa shape index (κ3) is 2.07. The van der Waals surface area contributed by atoms with Gasteiger partial charge in [-0.15, -0.1) is 0 Å². The van der Waals surface area contributed by atoms with Crippen LogP contribution in [0.4, 0.5) is 0 Å². The Morgan fingerprint density at radius 3 is 2.75 bits per heavy atom. The normalized spacial score (nSPS) is 43.8. The van der Waals surface area contributed by atoms with E-state index >= 15 is 0 Å². The second-order valence-electron chi connectivity index (χ2n) is 6.41. The molecular formula is C15H26O. The molecule has 0 radical (unpaired) electrons. The van der Waals surface area contributed by atoms with Crippen LogP contribution in [0.5, 0.6) is 0 Å². The van der Waals surface area contributed by atoms with Crippen molar-refractivity contribution in [2.45, 2.75) is 52.4 Å². The van der Waals surface area contributed by atoms with Crippen molar-refractivity contribution < 1.29 is 5.11 Å². The smallest absolute Gasteiger partial charge is 0.0462 e. The van der Waals surface area contributed by atoms with Gasteiger partial charge in [0.2, 0.25) is 0 Å². The summed E-state index contributed by atoms with van der Waals surface area (Å²) in [5.74, 6) is 2.01. The van der Waals surface area contributed by atoms with Crippen LogP contribution < -0.4 is 0 Å². The molecule has 0 saturated heterocycles.